The van der Waals surface area contributed by atoms with Crippen molar-refractivity contribution < 1.29 is 9.90 Å². The number of halogens is 1. The highest BCUT2D eigenvalue weighted by atomic mass is 35.5. The van der Waals surface area contributed by atoms with Crippen LogP contribution in [0.2, 0.25) is 5.02 Å². The van der Waals surface area contributed by atoms with E-state index in [9.17, 15) is 4.79 Å². The first-order chi connectivity index (χ1) is 7.54. The van der Waals surface area contributed by atoms with Crippen molar-refractivity contribution in [3.05, 3.63) is 34.9 Å². The smallest absolute Gasteiger partial charge is 0.251 e. The van der Waals surface area contributed by atoms with Gasteiger partial charge in [0.25, 0.3) is 5.91 Å². The Balaban J connectivity index is 2.68. The van der Waals surface area contributed by atoms with Crippen LogP contribution in [0.25, 0.3) is 0 Å². The second-order valence-electron chi connectivity index (χ2n) is 4.01. The third-order valence-corrected chi connectivity index (χ3v) is 2.68. The van der Waals surface area contributed by atoms with E-state index in [0.29, 0.717) is 10.6 Å². The van der Waals surface area contributed by atoms with Crippen LogP contribution >= 0.6 is 11.6 Å². The fraction of sp³-hybridized carbons (Fsp3) is 0.417. The highest BCUT2D eigenvalue weighted by Gasteiger charge is 2.15. The van der Waals surface area contributed by atoms with Gasteiger partial charge in [0.05, 0.1) is 12.6 Å². The maximum atomic E-state index is 11.8. The molecule has 0 aliphatic carbocycles. The van der Waals surface area contributed by atoms with Crippen molar-refractivity contribution in [2.24, 2.45) is 5.92 Å². The number of hydrogen-bond donors (Lipinski definition) is 2. The van der Waals surface area contributed by atoms with E-state index >= 15 is 0 Å². The summed E-state index contributed by atoms with van der Waals surface area (Å²) in [6.45, 7) is 3.84. The van der Waals surface area contributed by atoms with Gasteiger partial charge in [-0.3, -0.25) is 4.79 Å². The van der Waals surface area contributed by atoms with E-state index in [1.807, 2.05) is 13.8 Å². The molecule has 16 heavy (non-hydrogen) atoms. The second-order valence-corrected chi connectivity index (χ2v) is 4.45. The summed E-state index contributed by atoms with van der Waals surface area (Å²) in [6, 6.07) is 6.43. The second kappa shape index (κ2) is 5.87. The van der Waals surface area contributed by atoms with Crippen molar-refractivity contribution in [2.45, 2.75) is 19.9 Å². The molecule has 1 amide bonds. The summed E-state index contributed by atoms with van der Waals surface area (Å²) in [7, 11) is 0. The molecule has 0 heterocycles. The normalized spacial score (nSPS) is 12.6. The SMILES string of the molecule is CC(C)[C@@H](CO)NC(=O)c1ccc(Cl)cc1. The Labute approximate surface area is 100 Å². The number of amides is 1. The molecule has 0 aliphatic heterocycles. The van der Waals surface area contributed by atoms with Crippen LogP contribution in [0.4, 0.5) is 0 Å². The zero-order chi connectivity index (χ0) is 12.1. The molecule has 2 N–H and O–H groups in total. The summed E-state index contributed by atoms with van der Waals surface area (Å²) in [4.78, 5) is 11.8. The molecule has 1 aromatic carbocycles. The molecule has 0 bridgehead atoms. The van der Waals surface area contributed by atoms with Crippen molar-refractivity contribution in [1.82, 2.24) is 5.32 Å². The topological polar surface area (TPSA) is 49.3 Å². The number of benzene rings is 1. The van der Waals surface area contributed by atoms with E-state index in [1.54, 1.807) is 24.3 Å². The quantitative estimate of drug-likeness (QED) is 0.848. The summed E-state index contributed by atoms with van der Waals surface area (Å²) >= 11 is 5.73. The maximum Gasteiger partial charge on any atom is 0.251 e. The third-order valence-electron chi connectivity index (χ3n) is 2.42. The van der Waals surface area contributed by atoms with Gasteiger partial charge in [-0.1, -0.05) is 25.4 Å². The van der Waals surface area contributed by atoms with Crippen LogP contribution in [0.3, 0.4) is 0 Å². The Morgan fingerprint density at radius 2 is 1.94 bits per heavy atom. The Morgan fingerprint density at radius 3 is 2.38 bits per heavy atom. The predicted octanol–water partition coefficient (Wildman–Crippen LogP) is 2.09. The highest BCUT2D eigenvalue weighted by Crippen LogP contribution is 2.10. The number of rotatable bonds is 4. The highest BCUT2D eigenvalue weighted by molar-refractivity contribution is 6.30. The summed E-state index contributed by atoms with van der Waals surface area (Å²) in [5, 5.41) is 12.5. The standard InChI is InChI=1S/C12H16ClNO2/c1-8(2)11(7-15)14-12(16)9-3-5-10(13)6-4-9/h3-6,8,11,15H,7H2,1-2H3,(H,14,16)/t11-/m1/s1. The predicted molar refractivity (Wildman–Crippen MR) is 64.6 cm³/mol. The minimum atomic E-state index is -0.219. The summed E-state index contributed by atoms with van der Waals surface area (Å²) in [5.41, 5.74) is 0.545. The van der Waals surface area contributed by atoms with E-state index in [-0.39, 0.29) is 24.5 Å². The average molecular weight is 242 g/mol. The first-order valence-electron chi connectivity index (χ1n) is 5.22. The van der Waals surface area contributed by atoms with E-state index in [1.165, 1.54) is 0 Å². The number of nitrogens with one attached hydrogen (secondary N) is 1. The number of aliphatic hydroxyl groups is 1. The van der Waals surface area contributed by atoms with Gasteiger partial charge in [0.2, 0.25) is 0 Å². The minimum absolute atomic E-state index is 0.0585. The van der Waals surface area contributed by atoms with Gasteiger partial charge in [0.15, 0.2) is 0 Å². The van der Waals surface area contributed by atoms with Crippen LogP contribution in [-0.4, -0.2) is 23.7 Å². The monoisotopic (exact) mass is 241 g/mol. The molecule has 0 aliphatic rings. The summed E-state index contributed by atoms with van der Waals surface area (Å²) < 4.78 is 0. The lowest BCUT2D eigenvalue weighted by atomic mass is 10.0. The lowest BCUT2D eigenvalue weighted by molar-refractivity contribution is 0.0897. The van der Waals surface area contributed by atoms with Crippen LogP contribution in [0.1, 0.15) is 24.2 Å². The fourth-order valence-corrected chi connectivity index (χ4v) is 1.40. The molecule has 3 nitrogen and oxygen atoms in total. The average Bonchev–Trinajstić information content (AvgIpc) is 2.26. The molecular weight excluding hydrogens is 226 g/mol. The Hall–Kier alpha value is -1.06. The summed E-state index contributed by atoms with van der Waals surface area (Å²) in [6.07, 6.45) is 0. The Morgan fingerprint density at radius 1 is 1.38 bits per heavy atom. The molecule has 0 aromatic heterocycles. The Bertz CT molecular complexity index is 349. The molecule has 1 aromatic rings. The van der Waals surface area contributed by atoms with Crippen molar-refractivity contribution in [3.8, 4) is 0 Å². The van der Waals surface area contributed by atoms with Crippen LogP contribution in [0.5, 0.6) is 0 Å². The van der Waals surface area contributed by atoms with Crippen molar-refractivity contribution in [1.29, 1.82) is 0 Å². The fourth-order valence-electron chi connectivity index (χ4n) is 1.28. The van der Waals surface area contributed by atoms with Gasteiger partial charge in [0.1, 0.15) is 0 Å². The largest absolute Gasteiger partial charge is 0.394 e. The van der Waals surface area contributed by atoms with Crippen molar-refractivity contribution in [3.63, 3.8) is 0 Å². The number of aliphatic hydroxyl groups excluding tert-OH is 1. The van der Waals surface area contributed by atoms with E-state index < -0.39 is 0 Å². The van der Waals surface area contributed by atoms with Crippen molar-refractivity contribution in [2.75, 3.05) is 6.61 Å². The van der Waals surface area contributed by atoms with Crippen molar-refractivity contribution >= 4 is 17.5 Å². The molecule has 0 radical (unpaired) electrons. The zero-order valence-electron chi connectivity index (χ0n) is 9.40. The van der Waals surface area contributed by atoms with Crippen LogP contribution in [0.15, 0.2) is 24.3 Å². The molecule has 4 heteroatoms. The van der Waals surface area contributed by atoms with Gasteiger partial charge < -0.3 is 10.4 Å². The first kappa shape index (κ1) is 13.0. The van der Waals surface area contributed by atoms with Gasteiger partial charge in [-0.15, -0.1) is 0 Å². The number of carbonyl (C=O) groups is 1. The molecule has 1 rings (SSSR count). The molecular formula is C12H16ClNO2. The lowest BCUT2D eigenvalue weighted by Crippen LogP contribution is -2.41. The zero-order valence-corrected chi connectivity index (χ0v) is 10.2. The van der Waals surface area contributed by atoms with Gasteiger partial charge in [-0.05, 0) is 30.2 Å². The van der Waals surface area contributed by atoms with E-state index in [4.69, 9.17) is 16.7 Å². The molecule has 0 saturated heterocycles. The summed E-state index contributed by atoms with van der Waals surface area (Å²) in [5.74, 6) is 0.00525. The van der Waals surface area contributed by atoms with Gasteiger partial charge >= 0.3 is 0 Å². The minimum Gasteiger partial charge on any atom is -0.394 e. The molecule has 0 spiro atoms. The van der Waals surface area contributed by atoms with Crippen LogP contribution < -0.4 is 5.32 Å². The molecule has 0 fully saturated rings. The van der Waals surface area contributed by atoms with Crippen LogP contribution in [0, 0.1) is 5.92 Å². The Kier molecular flexibility index (Phi) is 4.77. The molecule has 0 saturated carbocycles. The number of hydrogen-bond acceptors (Lipinski definition) is 2. The molecule has 1 atom stereocenters. The van der Waals surface area contributed by atoms with Crippen LogP contribution in [-0.2, 0) is 0 Å². The number of carbonyl (C=O) groups excluding carboxylic acids is 1. The first-order valence-corrected chi connectivity index (χ1v) is 5.59. The molecule has 0 unspecified atom stereocenters. The van der Waals surface area contributed by atoms with E-state index in [0.717, 1.165) is 0 Å². The van der Waals surface area contributed by atoms with Gasteiger partial charge in [0, 0.05) is 10.6 Å². The maximum absolute atomic E-state index is 11.8. The van der Waals surface area contributed by atoms with Gasteiger partial charge in [-0.2, -0.15) is 0 Å². The van der Waals surface area contributed by atoms with Gasteiger partial charge in [-0.25, -0.2) is 0 Å². The third kappa shape index (κ3) is 3.51. The molecule has 88 valence electrons. The van der Waals surface area contributed by atoms with E-state index in [2.05, 4.69) is 5.32 Å². The lowest BCUT2D eigenvalue weighted by Gasteiger charge is -2.19.